The summed E-state index contributed by atoms with van der Waals surface area (Å²) < 4.78 is 0. The number of ketones is 1. The molecule has 0 aromatic carbocycles. The van der Waals surface area contributed by atoms with E-state index >= 15 is 0 Å². The standard InChI is InChI=1S/C25H42O4/c1-16(2)7-6-8-17(3)25(29)12-11-23(4)13-19-22(20(27)14-24(19,5)28)18(15-26)9-10-21(23)25/h15-19,21-22,28-29H,6-14H2,1-5H3/t17-,18+,19-,21+,22+,23+,24+,25-/m0/s1. The lowest BCUT2D eigenvalue weighted by Gasteiger charge is -2.47. The summed E-state index contributed by atoms with van der Waals surface area (Å²) in [5, 5.41) is 22.9. The summed E-state index contributed by atoms with van der Waals surface area (Å²) in [4.78, 5) is 24.6. The Morgan fingerprint density at radius 3 is 2.41 bits per heavy atom. The zero-order valence-electron chi connectivity index (χ0n) is 19.1. The molecule has 0 aliphatic heterocycles. The van der Waals surface area contributed by atoms with Crippen LogP contribution in [0.3, 0.4) is 0 Å². The van der Waals surface area contributed by atoms with Gasteiger partial charge < -0.3 is 15.0 Å². The van der Waals surface area contributed by atoms with E-state index in [2.05, 4.69) is 27.7 Å². The maximum absolute atomic E-state index is 12.7. The predicted octanol–water partition coefficient (Wildman–Crippen LogP) is 4.55. The highest BCUT2D eigenvalue weighted by Crippen LogP contribution is 2.61. The van der Waals surface area contributed by atoms with E-state index in [1.165, 1.54) is 6.42 Å². The second-order valence-corrected chi connectivity index (χ2v) is 11.6. The van der Waals surface area contributed by atoms with Crippen LogP contribution in [0.25, 0.3) is 0 Å². The lowest BCUT2D eigenvalue weighted by atomic mass is 9.59. The summed E-state index contributed by atoms with van der Waals surface area (Å²) >= 11 is 0. The topological polar surface area (TPSA) is 74.6 Å². The van der Waals surface area contributed by atoms with Gasteiger partial charge in [-0.3, -0.25) is 4.79 Å². The van der Waals surface area contributed by atoms with Gasteiger partial charge in [0.1, 0.15) is 12.1 Å². The zero-order valence-corrected chi connectivity index (χ0v) is 19.1. The van der Waals surface area contributed by atoms with E-state index in [-0.39, 0.29) is 47.2 Å². The first-order valence-corrected chi connectivity index (χ1v) is 11.9. The lowest BCUT2D eigenvalue weighted by Crippen LogP contribution is -2.48. The molecule has 29 heavy (non-hydrogen) atoms. The molecule has 3 rings (SSSR count). The van der Waals surface area contributed by atoms with Crippen LogP contribution in [0.4, 0.5) is 0 Å². The molecule has 0 spiro atoms. The Kier molecular flexibility index (Phi) is 6.38. The summed E-state index contributed by atoms with van der Waals surface area (Å²) in [6.45, 7) is 10.7. The van der Waals surface area contributed by atoms with Crippen LogP contribution in [0.5, 0.6) is 0 Å². The summed E-state index contributed by atoms with van der Waals surface area (Å²) in [6.07, 6.45) is 8.34. The van der Waals surface area contributed by atoms with Crippen LogP contribution in [-0.2, 0) is 9.59 Å². The number of carbonyl (C=O) groups is 2. The fourth-order valence-corrected chi connectivity index (χ4v) is 7.24. The molecule has 166 valence electrons. The molecular formula is C25H42O4. The molecule has 0 aromatic rings. The van der Waals surface area contributed by atoms with E-state index in [0.717, 1.165) is 44.8 Å². The van der Waals surface area contributed by atoms with Gasteiger partial charge in [0.05, 0.1) is 11.2 Å². The van der Waals surface area contributed by atoms with Crippen molar-refractivity contribution in [2.75, 3.05) is 0 Å². The number of rotatable bonds is 6. The van der Waals surface area contributed by atoms with Crippen LogP contribution >= 0.6 is 0 Å². The average molecular weight is 407 g/mol. The van der Waals surface area contributed by atoms with Gasteiger partial charge in [-0.2, -0.15) is 0 Å². The largest absolute Gasteiger partial charge is 0.389 e. The molecule has 4 heteroatoms. The molecule has 4 nitrogen and oxygen atoms in total. The van der Waals surface area contributed by atoms with Gasteiger partial charge in [-0.15, -0.1) is 0 Å². The van der Waals surface area contributed by atoms with E-state index < -0.39 is 11.2 Å². The van der Waals surface area contributed by atoms with Crippen molar-refractivity contribution < 1.29 is 19.8 Å². The van der Waals surface area contributed by atoms with Crippen LogP contribution in [-0.4, -0.2) is 33.5 Å². The van der Waals surface area contributed by atoms with Gasteiger partial charge in [-0.1, -0.05) is 40.5 Å². The number of Topliss-reactive ketones (excluding diaryl/α,β-unsaturated/α-hetero) is 1. The van der Waals surface area contributed by atoms with Crippen LogP contribution in [0, 0.1) is 40.9 Å². The molecule has 3 fully saturated rings. The first-order chi connectivity index (χ1) is 13.4. The highest BCUT2D eigenvalue weighted by Gasteiger charge is 2.61. The van der Waals surface area contributed by atoms with Gasteiger partial charge in [0, 0.05) is 18.3 Å². The number of hydrogen-bond acceptors (Lipinski definition) is 4. The van der Waals surface area contributed by atoms with Crippen molar-refractivity contribution in [3.8, 4) is 0 Å². The maximum atomic E-state index is 12.7. The van der Waals surface area contributed by atoms with Crippen molar-refractivity contribution in [2.45, 2.75) is 104 Å². The van der Waals surface area contributed by atoms with E-state index in [1.54, 1.807) is 6.92 Å². The van der Waals surface area contributed by atoms with E-state index in [9.17, 15) is 19.8 Å². The Balaban J connectivity index is 1.86. The smallest absolute Gasteiger partial charge is 0.139 e. The molecule has 0 heterocycles. The lowest BCUT2D eigenvalue weighted by molar-refractivity contribution is -0.130. The normalized spacial score (nSPS) is 46.1. The quantitative estimate of drug-likeness (QED) is 0.635. The van der Waals surface area contributed by atoms with Gasteiger partial charge in [-0.05, 0) is 74.5 Å². The number of fused-ring (bicyclic) bond motifs is 2. The van der Waals surface area contributed by atoms with Gasteiger partial charge in [0.25, 0.3) is 0 Å². The summed E-state index contributed by atoms with van der Waals surface area (Å²) in [5.74, 6) is 0.220. The molecule has 0 bridgehead atoms. The van der Waals surface area contributed by atoms with Crippen LogP contribution in [0.1, 0.15) is 92.4 Å². The summed E-state index contributed by atoms with van der Waals surface area (Å²) in [6, 6.07) is 0. The minimum Gasteiger partial charge on any atom is -0.389 e. The minimum absolute atomic E-state index is 0.0504. The molecule has 0 saturated heterocycles. The average Bonchev–Trinajstić information content (AvgIpc) is 2.98. The maximum Gasteiger partial charge on any atom is 0.139 e. The Morgan fingerprint density at radius 1 is 1.10 bits per heavy atom. The van der Waals surface area contributed by atoms with Gasteiger partial charge in [0.2, 0.25) is 0 Å². The Labute approximate surface area is 176 Å². The zero-order chi connectivity index (χ0) is 21.6. The SMILES string of the molecule is CC(C)CCC[C@H](C)[C@@]1(O)CC[C@]2(C)C[C@H]3[C@H](C(=O)C[C@@]3(C)O)[C@@H](C=O)CC[C@H]21. The van der Waals surface area contributed by atoms with Crippen molar-refractivity contribution >= 4 is 12.1 Å². The number of aliphatic hydroxyl groups is 2. The van der Waals surface area contributed by atoms with E-state index in [0.29, 0.717) is 12.3 Å². The number of carbonyl (C=O) groups excluding carboxylic acids is 2. The fourth-order valence-electron chi connectivity index (χ4n) is 7.24. The molecule has 3 saturated carbocycles. The van der Waals surface area contributed by atoms with Crippen molar-refractivity contribution in [3.63, 3.8) is 0 Å². The molecular weight excluding hydrogens is 364 g/mol. The van der Waals surface area contributed by atoms with Crippen molar-refractivity contribution in [2.24, 2.45) is 40.9 Å². The third-order valence-corrected chi connectivity index (χ3v) is 9.06. The Hall–Kier alpha value is -0.740. The summed E-state index contributed by atoms with van der Waals surface area (Å²) in [7, 11) is 0. The second-order valence-electron chi connectivity index (χ2n) is 11.6. The molecule has 0 unspecified atom stereocenters. The Morgan fingerprint density at radius 2 is 1.79 bits per heavy atom. The van der Waals surface area contributed by atoms with Crippen LogP contribution in [0.2, 0.25) is 0 Å². The third-order valence-electron chi connectivity index (χ3n) is 9.06. The van der Waals surface area contributed by atoms with Gasteiger partial charge in [0.15, 0.2) is 0 Å². The van der Waals surface area contributed by atoms with Crippen molar-refractivity contribution in [3.05, 3.63) is 0 Å². The third kappa shape index (κ3) is 4.08. The van der Waals surface area contributed by atoms with Gasteiger partial charge >= 0.3 is 0 Å². The molecule has 8 atom stereocenters. The van der Waals surface area contributed by atoms with Crippen molar-refractivity contribution in [1.29, 1.82) is 0 Å². The van der Waals surface area contributed by atoms with Crippen LogP contribution in [0.15, 0.2) is 0 Å². The highest BCUT2D eigenvalue weighted by atomic mass is 16.3. The molecule has 0 aromatic heterocycles. The highest BCUT2D eigenvalue weighted by molar-refractivity contribution is 5.87. The predicted molar refractivity (Wildman–Crippen MR) is 114 cm³/mol. The van der Waals surface area contributed by atoms with E-state index in [4.69, 9.17) is 0 Å². The first kappa shape index (κ1) is 22.9. The molecule has 3 aliphatic carbocycles. The minimum atomic E-state index is -1.04. The second kappa shape index (κ2) is 8.07. The molecule has 2 N–H and O–H groups in total. The van der Waals surface area contributed by atoms with E-state index in [1.807, 2.05) is 0 Å². The van der Waals surface area contributed by atoms with Gasteiger partial charge in [-0.25, -0.2) is 0 Å². The molecule has 3 aliphatic rings. The van der Waals surface area contributed by atoms with Crippen molar-refractivity contribution in [1.82, 2.24) is 0 Å². The van der Waals surface area contributed by atoms with Crippen LogP contribution < -0.4 is 0 Å². The Bertz CT molecular complexity index is 626. The number of aldehydes is 1. The fraction of sp³-hybridized carbons (Fsp3) is 0.920. The first-order valence-electron chi connectivity index (χ1n) is 11.9. The number of hydrogen-bond donors (Lipinski definition) is 2. The summed E-state index contributed by atoms with van der Waals surface area (Å²) in [5.41, 5.74) is -1.84. The molecule has 0 radical (unpaired) electrons. The monoisotopic (exact) mass is 406 g/mol. The molecule has 0 amide bonds.